The number of rotatable bonds is 67. The fourth-order valence-electron chi connectivity index (χ4n) is 11.5. The van der Waals surface area contributed by atoms with Crippen molar-refractivity contribution < 1.29 is 48.3 Å². The SMILES string of the molecule is CCCCCCCCCOC(=O)CCCCCCCN(CCCCCCCC(=O)OC(CCCCCCCC)CCCCCCCC)C(C)CO.CCCCCCCCCOC(=O)CCCCCCCN(CCO)CCCCCCCC(=O)OC(C)(C)C. The average Bonchev–Trinajstić information content (AvgIpc) is 3.55. The lowest BCUT2D eigenvalue weighted by atomic mass is 10.0. The first-order chi connectivity index (χ1) is 42.8. The molecule has 0 aromatic carbocycles. The fourth-order valence-corrected chi connectivity index (χ4v) is 11.5. The summed E-state index contributed by atoms with van der Waals surface area (Å²) in [5.41, 5.74) is -0.395. The van der Waals surface area contributed by atoms with E-state index in [-0.39, 0.29) is 49.2 Å². The van der Waals surface area contributed by atoms with Crippen LogP contribution in [-0.4, -0.2) is 121 Å². The van der Waals surface area contributed by atoms with Gasteiger partial charge in [-0.2, -0.15) is 0 Å². The van der Waals surface area contributed by atoms with Gasteiger partial charge < -0.3 is 34.1 Å². The Bertz CT molecular complexity index is 1460. The number of aliphatic hydroxyl groups is 2. The molecule has 0 aliphatic heterocycles. The lowest BCUT2D eigenvalue weighted by molar-refractivity contribution is -0.155. The molecular weight excluding hydrogens is 1100 g/mol. The number of unbranched alkanes of at least 4 members (excludes halogenated alkanes) is 38. The summed E-state index contributed by atoms with van der Waals surface area (Å²) in [6.45, 7) is 23.2. The lowest BCUT2D eigenvalue weighted by Gasteiger charge is -2.27. The molecule has 0 bridgehead atoms. The molecular formula is C76H150N2O10. The summed E-state index contributed by atoms with van der Waals surface area (Å²) in [6, 6.07) is 0.187. The third-order valence-corrected chi connectivity index (χ3v) is 17.2. The quantitative estimate of drug-likeness (QED) is 0.0339. The predicted molar refractivity (Wildman–Crippen MR) is 372 cm³/mol. The second kappa shape index (κ2) is 69.1. The van der Waals surface area contributed by atoms with E-state index in [0.717, 1.165) is 180 Å². The molecule has 524 valence electrons. The molecule has 0 aromatic rings. The molecule has 0 saturated carbocycles. The van der Waals surface area contributed by atoms with Crippen LogP contribution >= 0.6 is 0 Å². The van der Waals surface area contributed by atoms with Gasteiger partial charge >= 0.3 is 23.9 Å². The van der Waals surface area contributed by atoms with Crippen LogP contribution in [0, 0.1) is 0 Å². The van der Waals surface area contributed by atoms with Crippen molar-refractivity contribution in [1.82, 2.24) is 9.80 Å². The Morgan fingerprint density at radius 1 is 0.352 bits per heavy atom. The molecule has 12 heteroatoms. The van der Waals surface area contributed by atoms with Crippen molar-refractivity contribution in [2.24, 2.45) is 0 Å². The molecule has 0 saturated heterocycles. The van der Waals surface area contributed by atoms with Crippen molar-refractivity contribution in [3.8, 4) is 0 Å². The number of carbonyl (C=O) groups excluding carboxylic acids is 4. The zero-order chi connectivity index (χ0) is 65.1. The van der Waals surface area contributed by atoms with Gasteiger partial charge in [-0.1, -0.05) is 246 Å². The van der Waals surface area contributed by atoms with Crippen molar-refractivity contribution in [3.63, 3.8) is 0 Å². The van der Waals surface area contributed by atoms with Crippen molar-refractivity contribution in [2.75, 3.05) is 59.2 Å². The Morgan fingerprint density at radius 2 is 0.648 bits per heavy atom. The third kappa shape index (κ3) is 68.1. The summed E-state index contributed by atoms with van der Waals surface area (Å²) in [5.74, 6) is -0.154. The average molecular weight is 1250 g/mol. The fraction of sp³-hybridized carbons (Fsp3) is 0.947. The summed E-state index contributed by atoms with van der Waals surface area (Å²) < 4.78 is 22.2. The molecule has 0 spiro atoms. The Morgan fingerprint density at radius 3 is 0.989 bits per heavy atom. The van der Waals surface area contributed by atoms with Gasteiger partial charge in [0.15, 0.2) is 0 Å². The van der Waals surface area contributed by atoms with Gasteiger partial charge in [-0.05, 0) is 144 Å². The Labute approximate surface area is 545 Å². The van der Waals surface area contributed by atoms with Gasteiger partial charge in [0.1, 0.15) is 11.7 Å². The molecule has 0 heterocycles. The van der Waals surface area contributed by atoms with Gasteiger partial charge in [-0.25, -0.2) is 0 Å². The maximum Gasteiger partial charge on any atom is 0.306 e. The van der Waals surface area contributed by atoms with Gasteiger partial charge in [0, 0.05) is 38.3 Å². The maximum atomic E-state index is 12.7. The molecule has 88 heavy (non-hydrogen) atoms. The van der Waals surface area contributed by atoms with Crippen LogP contribution in [0.1, 0.15) is 389 Å². The van der Waals surface area contributed by atoms with Crippen LogP contribution in [-0.2, 0) is 38.1 Å². The van der Waals surface area contributed by atoms with Crippen molar-refractivity contribution >= 4 is 23.9 Å². The third-order valence-electron chi connectivity index (χ3n) is 17.2. The number of hydrogen-bond donors (Lipinski definition) is 2. The number of carbonyl (C=O) groups is 4. The highest BCUT2D eigenvalue weighted by Gasteiger charge is 2.17. The first kappa shape index (κ1) is 87.8. The highest BCUT2D eigenvalue weighted by molar-refractivity contribution is 5.70. The second-order valence-electron chi connectivity index (χ2n) is 27.2. The zero-order valence-corrected chi connectivity index (χ0v) is 59.8. The van der Waals surface area contributed by atoms with E-state index in [2.05, 4.69) is 44.4 Å². The van der Waals surface area contributed by atoms with E-state index in [9.17, 15) is 29.4 Å². The van der Waals surface area contributed by atoms with E-state index in [1.165, 1.54) is 161 Å². The summed E-state index contributed by atoms with van der Waals surface area (Å²) in [5, 5.41) is 19.2. The van der Waals surface area contributed by atoms with E-state index in [1.54, 1.807) is 0 Å². The Kier molecular flexibility index (Phi) is 68.9. The Balaban J connectivity index is 0. The molecule has 1 atom stereocenters. The molecule has 0 aromatic heterocycles. The number of aliphatic hydroxyl groups excluding tert-OH is 2. The van der Waals surface area contributed by atoms with E-state index < -0.39 is 5.60 Å². The largest absolute Gasteiger partial charge is 0.466 e. The zero-order valence-electron chi connectivity index (χ0n) is 59.8. The number of ether oxygens (including phenoxy) is 4. The van der Waals surface area contributed by atoms with Crippen LogP contribution < -0.4 is 0 Å². The predicted octanol–water partition coefficient (Wildman–Crippen LogP) is 20.7. The molecule has 0 rings (SSSR count). The molecule has 0 amide bonds. The summed E-state index contributed by atoms with van der Waals surface area (Å²) in [4.78, 5) is 53.1. The molecule has 0 fully saturated rings. The molecule has 0 aliphatic carbocycles. The van der Waals surface area contributed by atoms with E-state index in [4.69, 9.17) is 18.9 Å². The number of esters is 4. The molecule has 12 nitrogen and oxygen atoms in total. The first-order valence-electron chi connectivity index (χ1n) is 38.2. The van der Waals surface area contributed by atoms with E-state index in [0.29, 0.717) is 38.9 Å². The lowest BCUT2D eigenvalue weighted by Crippen LogP contribution is -2.37. The van der Waals surface area contributed by atoms with Crippen LogP contribution in [0.15, 0.2) is 0 Å². The minimum absolute atomic E-state index is 0.0126. The highest BCUT2D eigenvalue weighted by atomic mass is 16.6. The van der Waals surface area contributed by atoms with Crippen LogP contribution in [0.4, 0.5) is 0 Å². The summed E-state index contributed by atoms with van der Waals surface area (Å²) >= 11 is 0. The standard InChI is InChI=1S/C45H89NO5.C31H61NO5/c1-5-8-11-14-17-26-33-40-50-44(48)36-29-22-18-24-31-38-46(42(4)41-47)39-32-25-19-23-30-37-45(49)51-43(34-27-20-15-12-9-6-2)35-28-21-16-13-10-7-3;1-5-6-7-8-9-16-21-28-36-29(34)22-17-12-10-14-19-24-32(26-27-33)25-20-15-11-13-18-23-30(35)37-31(2,3)4/h42-43,47H,5-41H2,1-4H3;33H,5-28H2,1-4H3. The first-order valence-corrected chi connectivity index (χ1v) is 38.2. The smallest absolute Gasteiger partial charge is 0.306 e. The van der Waals surface area contributed by atoms with Crippen molar-refractivity contribution in [3.05, 3.63) is 0 Å². The molecule has 2 N–H and O–H groups in total. The summed E-state index contributed by atoms with van der Waals surface area (Å²) in [6.07, 6.45) is 58.8. The highest BCUT2D eigenvalue weighted by Crippen LogP contribution is 2.20. The van der Waals surface area contributed by atoms with Gasteiger partial charge in [0.25, 0.3) is 0 Å². The summed E-state index contributed by atoms with van der Waals surface area (Å²) in [7, 11) is 0. The second-order valence-corrected chi connectivity index (χ2v) is 27.2. The number of hydrogen-bond acceptors (Lipinski definition) is 12. The molecule has 0 aliphatic rings. The van der Waals surface area contributed by atoms with E-state index >= 15 is 0 Å². The topological polar surface area (TPSA) is 152 Å². The maximum absolute atomic E-state index is 12.7. The Hall–Kier alpha value is -2.28. The van der Waals surface area contributed by atoms with Gasteiger partial charge in [0.05, 0.1) is 26.4 Å². The van der Waals surface area contributed by atoms with Crippen molar-refractivity contribution in [2.45, 2.75) is 407 Å². The van der Waals surface area contributed by atoms with Gasteiger partial charge in [-0.3, -0.25) is 24.1 Å². The van der Waals surface area contributed by atoms with E-state index in [1.807, 2.05) is 20.8 Å². The normalized spacial score (nSPS) is 12.0. The van der Waals surface area contributed by atoms with Crippen LogP contribution in [0.2, 0.25) is 0 Å². The van der Waals surface area contributed by atoms with Gasteiger partial charge in [-0.15, -0.1) is 0 Å². The van der Waals surface area contributed by atoms with Crippen LogP contribution in [0.5, 0.6) is 0 Å². The van der Waals surface area contributed by atoms with Gasteiger partial charge in [0.2, 0.25) is 0 Å². The number of nitrogens with zero attached hydrogens (tertiary/aromatic N) is 2. The monoisotopic (exact) mass is 1250 g/mol. The minimum atomic E-state index is -0.395. The van der Waals surface area contributed by atoms with Crippen LogP contribution in [0.3, 0.4) is 0 Å². The minimum Gasteiger partial charge on any atom is -0.466 e. The van der Waals surface area contributed by atoms with Crippen LogP contribution in [0.25, 0.3) is 0 Å². The van der Waals surface area contributed by atoms with Crippen molar-refractivity contribution in [1.29, 1.82) is 0 Å². The molecule has 0 radical (unpaired) electrons. The molecule has 1 unspecified atom stereocenters.